The van der Waals surface area contributed by atoms with Gasteiger partial charge in [-0.1, -0.05) is 32.0 Å². The number of rotatable bonds is 4. The number of nitrogens with zero attached hydrogens (tertiary/aromatic N) is 1. The van der Waals surface area contributed by atoms with Crippen LogP contribution in [0.1, 0.15) is 29.2 Å². The molecule has 0 saturated heterocycles. The number of aromatic nitrogens is 1. The number of hydrogen-bond donors (Lipinski definition) is 1. The van der Waals surface area contributed by atoms with E-state index in [0.717, 1.165) is 11.0 Å². The van der Waals surface area contributed by atoms with Gasteiger partial charge in [0.25, 0.3) is 0 Å². The summed E-state index contributed by atoms with van der Waals surface area (Å²) in [6, 6.07) is 9.60. The predicted octanol–water partition coefficient (Wildman–Crippen LogP) is 4.45. The standard InChI is InChI=1S/C16H15NO3S/c1-9(2)7-11-14(16(18)19)21-15(17-11)13-8-10-5-3-4-6-12(10)20-13/h3-6,8-9H,7H2,1-2H3,(H,18,19). The first-order chi connectivity index (χ1) is 10.0. The molecule has 2 heterocycles. The Morgan fingerprint density at radius 3 is 2.81 bits per heavy atom. The Hall–Kier alpha value is -2.14. The number of carboxylic acids is 1. The van der Waals surface area contributed by atoms with Gasteiger partial charge in [-0.25, -0.2) is 9.78 Å². The summed E-state index contributed by atoms with van der Waals surface area (Å²) in [5.41, 5.74) is 1.42. The lowest BCUT2D eigenvalue weighted by atomic mass is 10.1. The molecule has 2 aromatic heterocycles. The molecule has 21 heavy (non-hydrogen) atoms. The number of hydrogen-bond acceptors (Lipinski definition) is 4. The van der Waals surface area contributed by atoms with Crippen LogP contribution in [0, 0.1) is 5.92 Å². The summed E-state index contributed by atoms with van der Waals surface area (Å²) in [4.78, 5) is 16.1. The Morgan fingerprint density at radius 2 is 2.14 bits per heavy atom. The number of fused-ring (bicyclic) bond motifs is 1. The zero-order valence-electron chi connectivity index (χ0n) is 11.8. The lowest BCUT2D eigenvalue weighted by Crippen LogP contribution is -2.02. The quantitative estimate of drug-likeness (QED) is 0.773. The topological polar surface area (TPSA) is 63.3 Å². The van der Waals surface area contributed by atoms with Crippen LogP contribution in [0.2, 0.25) is 0 Å². The second-order valence-corrected chi connectivity index (χ2v) is 6.35. The smallest absolute Gasteiger partial charge is 0.347 e. The Kier molecular flexibility index (Phi) is 3.51. The van der Waals surface area contributed by atoms with Crippen molar-refractivity contribution in [3.05, 3.63) is 40.9 Å². The zero-order chi connectivity index (χ0) is 15.0. The molecule has 5 heteroatoms. The van der Waals surface area contributed by atoms with Crippen LogP contribution in [0.3, 0.4) is 0 Å². The second-order valence-electron chi connectivity index (χ2n) is 5.35. The van der Waals surface area contributed by atoms with Gasteiger partial charge in [0.15, 0.2) is 10.8 Å². The number of furan rings is 1. The highest BCUT2D eigenvalue weighted by Gasteiger charge is 2.20. The van der Waals surface area contributed by atoms with Crippen LogP contribution < -0.4 is 0 Å². The minimum Gasteiger partial charge on any atom is -0.477 e. The molecule has 0 aliphatic rings. The molecule has 0 bridgehead atoms. The van der Waals surface area contributed by atoms with Crippen LogP contribution in [-0.4, -0.2) is 16.1 Å². The van der Waals surface area contributed by atoms with Gasteiger partial charge in [0, 0.05) is 5.39 Å². The van der Waals surface area contributed by atoms with E-state index in [1.807, 2.05) is 44.2 Å². The monoisotopic (exact) mass is 301 g/mol. The molecule has 0 aliphatic heterocycles. The molecule has 3 aromatic rings. The molecule has 0 spiro atoms. The van der Waals surface area contributed by atoms with Crippen molar-refractivity contribution in [3.8, 4) is 10.8 Å². The van der Waals surface area contributed by atoms with Gasteiger partial charge in [-0.2, -0.15) is 0 Å². The Morgan fingerprint density at radius 1 is 1.38 bits per heavy atom. The third kappa shape index (κ3) is 2.69. The summed E-state index contributed by atoms with van der Waals surface area (Å²) in [7, 11) is 0. The lowest BCUT2D eigenvalue weighted by Gasteiger charge is -2.01. The fourth-order valence-corrected chi connectivity index (χ4v) is 3.12. The molecule has 0 saturated carbocycles. The van der Waals surface area contributed by atoms with Gasteiger partial charge in [-0.05, 0) is 24.5 Å². The molecular formula is C16H15NO3S. The van der Waals surface area contributed by atoms with E-state index in [9.17, 15) is 9.90 Å². The van der Waals surface area contributed by atoms with Gasteiger partial charge >= 0.3 is 5.97 Å². The maximum Gasteiger partial charge on any atom is 0.347 e. The molecule has 0 atom stereocenters. The van der Waals surface area contributed by atoms with Crippen molar-refractivity contribution in [2.75, 3.05) is 0 Å². The number of benzene rings is 1. The Labute approximate surface area is 126 Å². The van der Waals surface area contributed by atoms with Crippen LogP contribution in [0.4, 0.5) is 0 Å². The third-order valence-electron chi connectivity index (χ3n) is 3.13. The van der Waals surface area contributed by atoms with Crippen LogP contribution in [0.25, 0.3) is 21.7 Å². The average molecular weight is 301 g/mol. The van der Waals surface area contributed by atoms with Gasteiger partial charge in [-0.15, -0.1) is 11.3 Å². The number of carboxylic acid groups (broad SMARTS) is 1. The molecule has 1 aromatic carbocycles. The molecule has 3 rings (SSSR count). The molecule has 4 nitrogen and oxygen atoms in total. The minimum absolute atomic E-state index is 0.305. The molecule has 108 valence electrons. The summed E-state index contributed by atoms with van der Waals surface area (Å²) in [5, 5.41) is 10.9. The molecule has 1 N–H and O–H groups in total. The summed E-state index contributed by atoms with van der Waals surface area (Å²) >= 11 is 1.17. The Balaban J connectivity index is 2.07. The second kappa shape index (κ2) is 5.33. The van der Waals surface area contributed by atoms with Crippen molar-refractivity contribution in [2.45, 2.75) is 20.3 Å². The highest BCUT2D eigenvalue weighted by molar-refractivity contribution is 7.17. The zero-order valence-corrected chi connectivity index (χ0v) is 12.6. The van der Waals surface area contributed by atoms with Crippen molar-refractivity contribution >= 4 is 28.3 Å². The summed E-state index contributed by atoms with van der Waals surface area (Å²) < 4.78 is 5.76. The molecular weight excluding hydrogens is 286 g/mol. The van der Waals surface area contributed by atoms with Crippen molar-refractivity contribution < 1.29 is 14.3 Å². The molecule has 0 unspecified atom stereocenters. The summed E-state index contributed by atoms with van der Waals surface area (Å²) in [6.07, 6.45) is 0.651. The van der Waals surface area contributed by atoms with E-state index in [0.29, 0.717) is 33.7 Å². The first-order valence-electron chi connectivity index (χ1n) is 6.76. The molecule has 0 radical (unpaired) electrons. The van der Waals surface area contributed by atoms with E-state index in [1.165, 1.54) is 11.3 Å². The van der Waals surface area contributed by atoms with Gasteiger partial charge in [0.1, 0.15) is 10.5 Å². The maximum atomic E-state index is 11.4. The third-order valence-corrected chi connectivity index (χ3v) is 4.23. The number of para-hydroxylation sites is 1. The van der Waals surface area contributed by atoms with Crippen molar-refractivity contribution in [1.82, 2.24) is 4.98 Å². The van der Waals surface area contributed by atoms with Crippen LogP contribution in [0.5, 0.6) is 0 Å². The number of carbonyl (C=O) groups is 1. The largest absolute Gasteiger partial charge is 0.477 e. The van der Waals surface area contributed by atoms with Crippen molar-refractivity contribution in [3.63, 3.8) is 0 Å². The minimum atomic E-state index is -0.925. The summed E-state index contributed by atoms with van der Waals surface area (Å²) in [5.74, 6) is 0.0536. The van der Waals surface area contributed by atoms with Crippen molar-refractivity contribution in [2.24, 2.45) is 5.92 Å². The number of aromatic carboxylic acids is 1. The number of thiazole rings is 1. The first kappa shape index (κ1) is 13.8. The molecule has 0 aliphatic carbocycles. The molecule has 0 fully saturated rings. The van der Waals surface area contributed by atoms with E-state index in [-0.39, 0.29) is 0 Å². The van der Waals surface area contributed by atoms with E-state index >= 15 is 0 Å². The first-order valence-corrected chi connectivity index (χ1v) is 7.58. The van der Waals surface area contributed by atoms with Crippen LogP contribution in [-0.2, 0) is 6.42 Å². The van der Waals surface area contributed by atoms with Gasteiger partial charge < -0.3 is 9.52 Å². The Bertz CT molecular complexity index is 768. The van der Waals surface area contributed by atoms with E-state index in [2.05, 4.69) is 4.98 Å². The van der Waals surface area contributed by atoms with Crippen LogP contribution >= 0.6 is 11.3 Å². The van der Waals surface area contributed by atoms with E-state index in [4.69, 9.17) is 4.42 Å². The summed E-state index contributed by atoms with van der Waals surface area (Å²) in [6.45, 7) is 4.09. The highest BCUT2D eigenvalue weighted by Crippen LogP contribution is 2.33. The average Bonchev–Trinajstić information content (AvgIpc) is 3.00. The highest BCUT2D eigenvalue weighted by atomic mass is 32.1. The molecule has 0 amide bonds. The lowest BCUT2D eigenvalue weighted by molar-refractivity contribution is 0.0700. The van der Waals surface area contributed by atoms with Gasteiger partial charge in [0.2, 0.25) is 0 Å². The van der Waals surface area contributed by atoms with E-state index < -0.39 is 5.97 Å². The van der Waals surface area contributed by atoms with Crippen LogP contribution in [0.15, 0.2) is 34.7 Å². The maximum absolute atomic E-state index is 11.4. The van der Waals surface area contributed by atoms with Gasteiger partial charge in [0.05, 0.1) is 5.69 Å². The van der Waals surface area contributed by atoms with Gasteiger partial charge in [-0.3, -0.25) is 0 Å². The van der Waals surface area contributed by atoms with Crippen molar-refractivity contribution in [1.29, 1.82) is 0 Å². The fraction of sp³-hybridized carbons (Fsp3) is 0.250. The van der Waals surface area contributed by atoms with E-state index in [1.54, 1.807) is 0 Å². The fourth-order valence-electron chi connectivity index (χ4n) is 2.24. The predicted molar refractivity (Wildman–Crippen MR) is 82.8 cm³/mol. The normalized spacial score (nSPS) is 11.4. The SMILES string of the molecule is CC(C)Cc1nc(-c2cc3ccccc3o2)sc1C(=O)O.